The van der Waals surface area contributed by atoms with E-state index in [0.717, 1.165) is 30.4 Å². The first-order valence-corrected chi connectivity index (χ1v) is 10.6. The van der Waals surface area contributed by atoms with Crippen molar-refractivity contribution >= 4 is 5.91 Å². The number of alkyl halides is 3. The molecule has 0 saturated carbocycles. The molecule has 1 atom stereocenters. The number of nitrogens with zero attached hydrogens (tertiary/aromatic N) is 3. The van der Waals surface area contributed by atoms with Gasteiger partial charge in [0.1, 0.15) is 6.61 Å². The molecular formula is C23H28F3N3O3. The monoisotopic (exact) mass is 451 g/mol. The van der Waals surface area contributed by atoms with E-state index in [2.05, 4.69) is 40.2 Å². The van der Waals surface area contributed by atoms with Crippen molar-refractivity contribution in [3.05, 3.63) is 59.9 Å². The van der Waals surface area contributed by atoms with Gasteiger partial charge < -0.3 is 14.4 Å². The van der Waals surface area contributed by atoms with Gasteiger partial charge in [-0.05, 0) is 31.3 Å². The second kappa shape index (κ2) is 11.2. The topological polar surface area (TPSA) is 56.6 Å². The lowest BCUT2D eigenvalue weighted by atomic mass is 10.1. The minimum absolute atomic E-state index is 0.0383. The summed E-state index contributed by atoms with van der Waals surface area (Å²) in [5.41, 5.74) is 1.79. The van der Waals surface area contributed by atoms with Gasteiger partial charge in [-0.3, -0.25) is 9.48 Å². The number of halogens is 3. The zero-order chi connectivity index (χ0) is 23.0. The molecule has 0 spiro atoms. The molecule has 1 unspecified atom stereocenters. The number of allylic oxidation sites excluding steroid dienone is 7. The number of carbonyl (C=O) groups is 1. The van der Waals surface area contributed by atoms with E-state index in [1.54, 1.807) is 10.7 Å². The first-order chi connectivity index (χ1) is 15.4. The van der Waals surface area contributed by atoms with Gasteiger partial charge in [0.2, 0.25) is 12.0 Å². The van der Waals surface area contributed by atoms with Crippen LogP contribution in [0.25, 0.3) is 0 Å². The Labute approximate surface area is 185 Å². The predicted molar refractivity (Wildman–Crippen MR) is 114 cm³/mol. The average Bonchev–Trinajstić information content (AvgIpc) is 3.21. The molecule has 174 valence electrons. The van der Waals surface area contributed by atoms with Crippen LogP contribution in [0.1, 0.15) is 31.4 Å². The highest BCUT2D eigenvalue weighted by Gasteiger charge is 2.47. The standard InChI is InChI=1S/C17H20F3N3O3.C6H8/c1-25-15(17(18,19)20)16(24)22-7-8-23-13(10-22)9-14(21-23)26-11-12-5-3-2-4-6-12;1-2-4-6-5-3-1/h2-3,5,9,15H,4,6-8,10-11H2,1H3;1-4H,5-6H2. The molecule has 0 saturated heterocycles. The summed E-state index contributed by atoms with van der Waals surface area (Å²) in [6, 6.07) is 1.66. The Morgan fingerprint density at radius 1 is 1.12 bits per heavy atom. The van der Waals surface area contributed by atoms with Crippen LogP contribution >= 0.6 is 0 Å². The van der Waals surface area contributed by atoms with E-state index in [1.165, 1.54) is 12.8 Å². The molecule has 0 N–H and O–H groups in total. The number of ether oxygens (including phenoxy) is 2. The minimum Gasteiger partial charge on any atom is -0.472 e. The second-order valence-corrected chi connectivity index (χ2v) is 7.63. The van der Waals surface area contributed by atoms with Gasteiger partial charge in [0.15, 0.2) is 0 Å². The van der Waals surface area contributed by atoms with Gasteiger partial charge in [-0.1, -0.05) is 42.5 Å². The summed E-state index contributed by atoms with van der Waals surface area (Å²) in [6.07, 6.45) is 11.8. The summed E-state index contributed by atoms with van der Waals surface area (Å²) in [4.78, 5) is 13.3. The van der Waals surface area contributed by atoms with Crippen molar-refractivity contribution < 1.29 is 27.4 Å². The molecule has 2 aliphatic carbocycles. The van der Waals surface area contributed by atoms with Crippen LogP contribution in [0.2, 0.25) is 0 Å². The average molecular weight is 451 g/mol. The van der Waals surface area contributed by atoms with Crippen molar-refractivity contribution in [3.63, 3.8) is 0 Å². The first-order valence-electron chi connectivity index (χ1n) is 10.6. The Bertz CT molecular complexity index is 888. The molecule has 1 amide bonds. The maximum Gasteiger partial charge on any atom is 0.423 e. The Morgan fingerprint density at radius 2 is 1.84 bits per heavy atom. The van der Waals surface area contributed by atoms with E-state index in [9.17, 15) is 18.0 Å². The predicted octanol–water partition coefficient (Wildman–Crippen LogP) is 4.35. The number of hydrogen-bond donors (Lipinski definition) is 0. The van der Waals surface area contributed by atoms with Gasteiger partial charge in [0.25, 0.3) is 5.91 Å². The lowest BCUT2D eigenvalue weighted by Gasteiger charge is -2.30. The maximum absolute atomic E-state index is 12.9. The summed E-state index contributed by atoms with van der Waals surface area (Å²) in [5, 5.41) is 4.30. The highest BCUT2D eigenvalue weighted by molar-refractivity contribution is 5.81. The van der Waals surface area contributed by atoms with Crippen molar-refractivity contribution in [2.75, 3.05) is 20.3 Å². The van der Waals surface area contributed by atoms with E-state index in [1.807, 2.05) is 12.2 Å². The van der Waals surface area contributed by atoms with Gasteiger partial charge in [0, 0.05) is 19.7 Å². The van der Waals surface area contributed by atoms with Crippen molar-refractivity contribution in [2.24, 2.45) is 0 Å². The highest BCUT2D eigenvalue weighted by atomic mass is 19.4. The smallest absolute Gasteiger partial charge is 0.423 e. The molecule has 9 heteroatoms. The quantitative estimate of drug-likeness (QED) is 0.668. The molecule has 1 aliphatic heterocycles. The zero-order valence-electron chi connectivity index (χ0n) is 18.1. The van der Waals surface area contributed by atoms with Crippen LogP contribution < -0.4 is 4.74 Å². The molecule has 3 aliphatic rings. The van der Waals surface area contributed by atoms with E-state index >= 15 is 0 Å². The Morgan fingerprint density at radius 3 is 2.41 bits per heavy atom. The summed E-state index contributed by atoms with van der Waals surface area (Å²) < 4.78 is 50.3. The molecule has 0 fully saturated rings. The Balaban J connectivity index is 0.000000416. The van der Waals surface area contributed by atoms with Gasteiger partial charge in [-0.25, -0.2) is 0 Å². The van der Waals surface area contributed by atoms with Gasteiger partial charge >= 0.3 is 6.18 Å². The Hall–Kier alpha value is -2.81. The lowest BCUT2D eigenvalue weighted by molar-refractivity contribution is -0.218. The minimum atomic E-state index is -4.74. The number of carbonyl (C=O) groups excluding carboxylic acids is 1. The summed E-state index contributed by atoms with van der Waals surface area (Å²) in [5.74, 6) is -0.682. The third-order valence-corrected chi connectivity index (χ3v) is 5.23. The van der Waals surface area contributed by atoms with Gasteiger partial charge in [-0.2, -0.15) is 13.2 Å². The molecule has 1 aromatic rings. The van der Waals surface area contributed by atoms with Crippen LogP contribution in [0.3, 0.4) is 0 Å². The van der Waals surface area contributed by atoms with Crippen LogP contribution in [0.5, 0.6) is 5.88 Å². The molecule has 0 bridgehead atoms. The molecule has 6 nitrogen and oxygen atoms in total. The van der Waals surface area contributed by atoms with Gasteiger partial charge in [-0.15, -0.1) is 5.10 Å². The lowest BCUT2D eigenvalue weighted by Crippen LogP contribution is -2.49. The third-order valence-electron chi connectivity index (χ3n) is 5.23. The summed E-state index contributed by atoms with van der Waals surface area (Å²) in [7, 11) is 0.880. The Kier molecular flexibility index (Phi) is 8.33. The number of rotatable bonds is 5. The molecule has 2 heterocycles. The molecular weight excluding hydrogens is 423 g/mol. The van der Waals surface area contributed by atoms with Crippen LogP contribution in [0.15, 0.2) is 54.2 Å². The van der Waals surface area contributed by atoms with Crippen LogP contribution in [-0.4, -0.2) is 53.1 Å². The third kappa shape index (κ3) is 6.59. The van der Waals surface area contributed by atoms with E-state index < -0.39 is 18.2 Å². The molecule has 4 rings (SSSR count). The number of aromatic nitrogens is 2. The number of fused-ring (bicyclic) bond motifs is 1. The van der Waals surface area contributed by atoms with Gasteiger partial charge in [0.05, 0.1) is 18.8 Å². The van der Waals surface area contributed by atoms with Crippen molar-refractivity contribution in [3.8, 4) is 5.88 Å². The fourth-order valence-electron chi connectivity index (χ4n) is 3.52. The molecule has 1 aromatic heterocycles. The number of hydrogen-bond acceptors (Lipinski definition) is 4. The largest absolute Gasteiger partial charge is 0.472 e. The first kappa shape index (κ1) is 23.8. The van der Waals surface area contributed by atoms with E-state index in [0.29, 0.717) is 24.7 Å². The molecule has 32 heavy (non-hydrogen) atoms. The van der Waals surface area contributed by atoms with Crippen molar-refractivity contribution in [1.82, 2.24) is 14.7 Å². The normalized spacial score (nSPS) is 18.4. The second-order valence-electron chi connectivity index (χ2n) is 7.63. The number of amides is 1. The van der Waals surface area contributed by atoms with Crippen LogP contribution in [-0.2, 0) is 22.6 Å². The van der Waals surface area contributed by atoms with Crippen LogP contribution in [0.4, 0.5) is 13.2 Å². The highest BCUT2D eigenvalue weighted by Crippen LogP contribution is 2.26. The van der Waals surface area contributed by atoms with Crippen LogP contribution in [0, 0.1) is 0 Å². The fourth-order valence-corrected chi connectivity index (χ4v) is 3.52. The maximum atomic E-state index is 12.9. The number of methoxy groups -OCH3 is 1. The summed E-state index contributed by atoms with van der Waals surface area (Å²) >= 11 is 0. The van der Waals surface area contributed by atoms with Crippen molar-refractivity contribution in [2.45, 2.75) is 51.1 Å². The summed E-state index contributed by atoms with van der Waals surface area (Å²) in [6.45, 7) is 0.906. The molecule has 0 radical (unpaired) electrons. The SMILES string of the molecule is C1=CCCC=C1.COC(C(=O)N1CCn2nc(OCC3=CC=CCC3)cc2C1)C(F)(F)F. The van der Waals surface area contributed by atoms with E-state index in [4.69, 9.17) is 4.74 Å². The fraction of sp³-hybridized carbons (Fsp3) is 0.478. The molecule has 0 aromatic carbocycles. The van der Waals surface area contributed by atoms with Crippen molar-refractivity contribution in [1.29, 1.82) is 0 Å². The zero-order valence-corrected chi connectivity index (χ0v) is 18.1. The van der Waals surface area contributed by atoms with E-state index in [-0.39, 0.29) is 13.1 Å².